The van der Waals surface area contributed by atoms with Crippen molar-refractivity contribution in [2.24, 2.45) is 52.1 Å². The van der Waals surface area contributed by atoms with Crippen molar-refractivity contribution in [2.75, 3.05) is 13.1 Å². The number of alkyl carbamates (subject to hydrolysis) is 1. The summed E-state index contributed by atoms with van der Waals surface area (Å²) in [7, 11) is 0. The van der Waals surface area contributed by atoms with E-state index in [0.717, 1.165) is 54.8 Å². The van der Waals surface area contributed by atoms with E-state index in [9.17, 15) is 4.79 Å². The van der Waals surface area contributed by atoms with Crippen LogP contribution in [0, 0.1) is 51.7 Å². The molecular weight excluding hydrogens is 508 g/mol. The zero-order valence-electron chi connectivity index (χ0n) is 25.3. The van der Waals surface area contributed by atoms with Gasteiger partial charge in [0.1, 0.15) is 6.10 Å². The van der Waals surface area contributed by atoms with Gasteiger partial charge < -0.3 is 21.1 Å². The molecule has 7 heteroatoms. The summed E-state index contributed by atoms with van der Waals surface area (Å²) in [5, 5.41) is 12.8. The second-order valence-electron chi connectivity index (χ2n) is 14.2. The van der Waals surface area contributed by atoms with Crippen molar-refractivity contribution in [1.82, 2.24) is 10.6 Å². The van der Waals surface area contributed by atoms with E-state index >= 15 is 0 Å². The number of hydrogen-bond donors (Lipinski definition) is 4. The zero-order valence-corrected chi connectivity index (χ0v) is 26.1. The first-order valence-corrected chi connectivity index (χ1v) is 15.8. The van der Waals surface area contributed by atoms with Crippen LogP contribution in [0.5, 0.6) is 0 Å². The van der Waals surface area contributed by atoms with Gasteiger partial charge in [0.05, 0.1) is 0 Å². The van der Waals surface area contributed by atoms with Crippen LogP contribution in [-0.4, -0.2) is 31.2 Å². The molecule has 0 heterocycles. The lowest BCUT2D eigenvalue weighted by atomic mass is 9.47. The predicted octanol–water partition coefficient (Wildman–Crippen LogP) is 7.42. The van der Waals surface area contributed by atoms with E-state index in [0.29, 0.717) is 24.9 Å². The van der Waals surface area contributed by atoms with Gasteiger partial charge in [-0.1, -0.05) is 65.5 Å². The quantitative estimate of drug-likeness (QED) is 0.0959. The van der Waals surface area contributed by atoms with Gasteiger partial charge in [-0.3, -0.25) is 5.41 Å². The highest BCUT2D eigenvalue weighted by molar-refractivity contribution is 5.85. The first-order valence-electron chi connectivity index (χ1n) is 15.8. The van der Waals surface area contributed by atoms with Crippen LogP contribution in [0.25, 0.3) is 0 Å². The minimum absolute atomic E-state index is 0. The van der Waals surface area contributed by atoms with Crippen molar-refractivity contribution in [2.45, 2.75) is 118 Å². The predicted molar refractivity (Wildman–Crippen MR) is 163 cm³/mol. The monoisotopic (exact) mass is 564 g/mol. The van der Waals surface area contributed by atoms with Gasteiger partial charge >= 0.3 is 6.09 Å². The number of halogens is 1. The van der Waals surface area contributed by atoms with E-state index < -0.39 is 0 Å². The Kier molecular flexibility index (Phi) is 11.1. The van der Waals surface area contributed by atoms with Crippen LogP contribution in [0.2, 0.25) is 0 Å². The van der Waals surface area contributed by atoms with E-state index in [1.54, 1.807) is 5.57 Å². The molecule has 0 spiro atoms. The van der Waals surface area contributed by atoms with Crippen molar-refractivity contribution in [3.8, 4) is 0 Å². The fourth-order valence-corrected chi connectivity index (χ4v) is 9.45. The summed E-state index contributed by atoms with van der Waals surface area (Å²) in [5.74, 6) is 5.05. The molecule has 4 aliphatic rings. The summed E-state index contributed by atoms with van der Waals surface area (Å²) in [6, 6.07) is 0. The Balaban J connectivity index is 0.00000420. The summed E-state index contributed by atoms with van der Waals surface area (Å²) in [4.78, 5) is 12.4. The highest BCUT2D eigenvalue weighted by Gasteiger charge is 2.59. The Morgan fingerprint density at radius 2 is 1.79 bits per heavy atom. The van der Waals surface area contributed by atoms with Crippen molar-refractivity contribution >= 4 is 24.5 Å². The van der Waals surface area contributed by atoms with E-state index in [1.807, 2.05) is 0 Å². The fraction of sp³-hybridized carbons (Fsp3) is 0.875. The summed E-state index contributed by atoms with van der Waals surface area (Å²) in [6.07, 6.45) is 17.0. The Bertz CT molecular complexity index is 878. The summed E-state index contributed by atoms with van der Waals surface area (Å²) >= 11 is 0. The third kappa shape index (κ3) is 7.08. The van der Waals surface area contributed by atoms with Crippen molar-refractivity contribution < 1.29 is 9.53 Å². The Morgan fingerprint density at radius 3 is 2.51 bits per heavy atom. The summed E-state index contributed by atoms with van der Waals surface area (Å²) in [5.41, 5.74) is 7.66. The molecule has 6 nitrogen and oxygen atoms in total. The highest BCUT2D eigenvalue weighted by atomic mass is 35.5. The molecule has 224 valence electrons. The largest absolute Gasteiger partial charge is 0.446 e. The van der Waals surface area contributed by atoms with Gasteiger partial charge in [-0.05, 0) is 97.7 Å². The minimum atomic E-state index is -0.316. The molecule has 3 saturated carbocycles. The van der Waals surface area contributed by atoms with Crippen LogP contribution >= 0.6 is 12.4 Å². The molecular formula is C32H57ClN4O2. The summed E-state index contributed by atoms with van der Waals surface area (Å²) in [6.45, 7) is 13.6. The molecule has 0 saturated heterocycles. The molecule has 0 aromatic rings. The number of ether oxygens (including phenoxy) is 1. The SMILES string of the molecule is CC(C)CCC[C@@H](C)[C@H]1CC[C@H]2[C@@H]3CC=C4C[C@@H](OC(=O)NCCCNC(=N)N)CC[C@]4(C)[C@H]3CC[C@]12C.Cl. The standard InChI is InChI=1S/C32H56N4O2.ClH/c1-21(2)8-6-9-22(3)26-12-13-27-25-11-10-23-20-24(38-30(37)36-19-7-18-35-29(33)34)14-16-31(23,4)28(25)15-17-32(26,27)5;/h10,21-22,24-28H,6-9,11-20H2,1-5H3,(H,36,37)(H4,33,34,35);1H/t22-,24+,25+,26-,27+,28+,31+,32-;/m1./s1. The lowest BCUT2D eigenvalue weighted by Crippen LogP contribution is -2.51. The highest BCUT2D eigenvalue weighted by Crippen LogP contribution is 2.67. The van der Waals surface area contributed by atoms with Gasteiger partial charge in [0.25, 0.3) is 0 Å². The number of guanidine groups is 1. The first-order chi connectivity index (χ1) is 18.0. The van der Waals surface area contributed by atoms with Crippen LogP contribution < -0.4 is 16.4 Å². The molecule has 1 amide bonds. The third-order valence-corrected chi connectivity index (χ3v) is 11.5. The zero-order chi connectivity index (χ0) is 27.5. The smallest absolute Gasteiger partial charge is 0.407 e. The number of carbonyl (C=O) groups excluding carboxylic acids is 1. The van der Waals surface area contributed by atoms with Gasteiger partial charge in [0.15, 0.2) is 5.96 Å². The van der Waals surface area contributed by atoms with E-state index in [1.165, 1.54) is 51.4 Å². The maximum absolute atomic E-state index is 12.4. The van der Waals surface area contributed by atoms with E-state index in [-0.39, 0.29) is 36.0 Å². The molecule has 0 bridgehead atoms. The number of amides is 1. The van der Waals surface area contributed by atoms with Crippen molar-refractivity contribution in [3.05, 3.63) is 11.6 Å². The van der Waals surface area contributed by atoms with Crippen LogP contribution in [0.4, 0.5) is 4.79 Å². The number of hydrogen-bond acceptors (Lipinski definition) is 3. The number of carbonyl (C=O) groups is 1. The van der Waals surface area contributed by atoms with Crippen LogP contribution in [0.15, 0.2) is 11.6 Å². The molecule has 0 aliphatic heterocycles. The molecule has 0 unspecified atom stereocenters. The van der Waals surface area contributed by atoms with Gasteiger partial charge in [-0.25, -0.2) is 4.79 Å². The first kappa shape index (κ1) is 32.1. The molecule has 4 rings (SSSR count). The molecule has 0 aromatic carbocycles. The Morgan fingerprint density at radius 1 is 1.05 bits per heavy atom. The van der Waals surface area contributed by atoms with E-state index in [4.69, 9.17) is 15.9 Å². The summed E-state index contributed by atoms with van der Waals surface area (Å²) < 4.78 is 5.84. The number of nitrogens with two attached hydrogens (primary N) is 1. The maximum atomic E-state index is 12.4. The Labute approximate surface area is 244 Å². The van der Waals surface area contributed by atoms with Gasteiger partial charge in [0.2, 0.25) is 0 Å². The molecule has 3 fully saturated rings. The third-order valence-electron chi connectivity index (χ3n) is 11.5. The normalized spacial score (nSPS) is 35.9. The van der Waals surface area contributed by atoms with Crippen LogP contribution in [-0.2, 0) is 4.74 Å². The van der Waals surface area contributed by atoms with Crippen molar-refractivity contribution in [1.29, 1.82) is 5.41 Å². The Hall–Kier alpha value is -1.43. The molecule has 5 N–H and O–H groups in total. The second-order valence-corrected chi connectivity index (χ2v) is 14.2. The number of rotatable bonds is 10. The lowest BCUT2D eigenvalue weighted by molar-refractivity contribution is -0.0581. The molecule has 4 aliphatic carbocycles. The van der Waals surface area contributed by atoms with Crippen LogP contribution in [0.3, 0.4) is 0 Å². The average molecular weight is 565 g/mol. The van der Waals surface area contributed by atoms with Gasteiger partial charge in [-0.2, -0.15) is 0 Å². The second kappa shape index (κ2) is 13.5. The maximum Gasteiger partial charge on any atom is 0.407 e. The van der Waals surface area contributed by atoms with Gasteiger partial charge in [0, 0.05) is 19.5 Å². The number of nitrogens with one attached hydrogen (secondary N) is 3. The van der Waals surface area contributed by atoms with E-state index in [2.05, 4.69) is 51.3 Å². The fourth-order valence-electron chi connectivity index (χ4n) is 9.45. The topological polar surface area (TPSA) is 100 Å². The van der Waals surface area contributed by atoms with Crippen molar-refractivity contribution in [3.63, 3.8) is 0 Å². The number of fused-ring (bicyclic) bond motifs is 5. The minimum Gasteiger partial charge on any atom is -0.446 e. The number of allylic oxidation sites excluding steroid dienone is 1. The molecule has 0 radical (unpaired) electrons. The molecule has 0 aromatic heterocycles. The average Bonchev–Trinajstić information content (AvgIpc) is 3.21. The van der Waals surface area contributed by atoms with Gasteiger partial charge in [-0.15, -0.1) is 12.4 Å². The lowest BCUT2D eigenvalue weighted by Gasteiger charge is -2.58. The molecule has 39 heavy (non-hydrogen) atoms. The molecule has 8 atom stereocenters. The van der Waals surface area contributed by atoms with Crippen LogP contribution in [0.1, 0.15) is 112 Å².